The van der Waals surface area contributed by atoms with Crippen LogP contribution in [0.25, 0.3) is 0 Å². The molecule has 1 aliphatic rings. The highest BCUT2D eigenvalue weighted by atomic mass is 16.6. The number of hydrazine groups is 1. The van der Waals surface area contributed by atoms with E-state index in [1.807, 2.05) is 0 Å². The van der Waals surface area contributed by atoms with E-state index in [0.29, 0.717) is 6.54 Å². The van der Waals surface area contributed by atoms with Gasteiger partial charge in [-0.05, 0) is 46.5 Å². The molecule has 0 saturated heterocycles. The van der Waals surface area contributed by atoms with Crippen molar-refractivity contribution in [3.63, 3.8) is 0 Å². The van der Waals surface area contributed by atoms with Gasteiger partial charge in [-0.2, -0.15) is 0 Å². The molecule has 0 aromatic rings. The summed E-state index contributed by atoms with van der Waals surface area (Å²) in [5.74, 6) is 0.745. The number of hydrogen-bond donors (Lipinski definition) is 1. The summed E-state index contributed by atoms with van der Waals surface area (Å²) in [5.41, 5.74) is 1.89. The highest BCUT2D eigenvalue weighted by molar-refractivity contribution is 5.74. The second-order valence-corrected chi connectivity index (χ2v) is 7.11. The van der Waals surface area contributed by atoms with Gasteiger partial charge < -0.3 is 9.47 Å². The first kappa shape index (κ1) is 19.6. The SMILES string of the molecule is CCOC(=O)N(CCCC1CCCCC1)NC(=O)OC(C)(C)C. The molecule has 1 aliphatic carbocycles. The van der Waals surface area contributed by atoms with Crippen LogP contribution in [0.15, 0.2) is 0 Å². The Balaban J connectivity index is 2.44. The number of carbonyl (C=O) groups excluding carboxylic acids is 2. The summed E-state index contributed by atoms with van der Waals surface area (Å²) in [7, 11) is 0. The Bertz CT molecular complexity index is 373. The summed E-state index contributed by atoms with van der Waals surface area (Å²) >= 11 is 0. The summed E-state index contributed by atoms with van der Waals surface area (Å²) in [6, 6.07) is 0. The Kier molecular flexibility index (Phi) is 8.20. The molecule has 0 aromatic carbocycles. The van der Waals surface area contributed by atoms with E-state index >= 15 is 0 Å². The van der Waals surface area contributed by atoms with Crippen LogP contribution in [0.4, 0.5) is 9.59 Å². The van der Waals surface area contributed by atoms with Gasteiger partial charge >= 0.3 is 12.2 Å². The fourth-order valence-electron chi connectivity index (χ4n) is 2.82. The summed E-state index contributed by atoms with van der Waals surface area (Å²) in [6.07, 6.45) is 7.25. The monoisotopic (exact) mass is 328 g/mol. The number of nitrogens with one attached hydrogen (secondary N) is 1. The van der Waals surface area contributed by atoms with Crippen molar-refractivity contribution in [2.45, 2.75) is 78.2 Å². The van der Waals surface area contributed by atoms with E-state index in [4.69, 9.17) is 9.47 Å². The molecule has 1 N–H and O–H groups in total. The van der Waals surface area contributed by atoms with Crippen molar-refractivity contribution in [1.29, 1.82) is 0 Å². The lowest BCUT2D eigenvalue weighted by Gasteiger charge is -2.26. The van der Waals surface area contributed by atoms with E-state index in [-0.39, 0.29) is 6.61 Å². The summed E-state index contributed by atoms with van der Waals surface area (Å²) in [5, 5.41) is 1.22. The van der Waals surface area contributed by atoms with Crippen LogP contribution in [0.5, 0.6) is 0 Å². The summed E-state index contributed by atoms with van der Waals surface area (Å²) in [4.78, 5) is 23.8. The highest BCUT2D eigenvalue weighted by Gasteiger charge is 2.22. The number of nitrogens with zero attached hydrogens (tertiary/aromatic N) is 1. The Morgan fingerprint density at radius 3 is 2.39 bits per heavy atom. The molecule has 1 rings (SSSR count). The standard InChI is InChI=1S/C17H32N2O4/c1-5-22-16(21)19(18-15(20)23-17(2,3)4)13-9-12-14-10-7-6-8-11-14/h14H,5-13H2,1-4H3,(H,18,20). The van der Waals surface area contributed by atoms with E-state index in [0.717, 1.165) is 18.8 Å². The molecule has 0 unspecified atom stereocenters. The zero-order valence-corrected chi connectivity index (χ0v) is 15.0. The molecule has 1 fully saturated rings. The molecule has 0 spiro atoms. The van der Waals surface area contributed by atoms with Crippen molar-refractivity contribution in [3.05, 3.63) is 0 Å². The van der Waals surface area contributed by atoms with Gasteiger partial charge in [0, 0.05) is 6.54 Å². The molecule has 0 radical (unpaired) electrons. The predicted octanol–water partition coefficient (Wildman–Crippen LogP) is 4.25. The largest absolute Gasteiger partial charge is 0.448 e. The summed E-state index contributed by atoms with van der Waals surface area (Å²) in [6.45, 7) is 7.80. The van der Waals surface area contributed by atoms with Crippen molar-refractivity contribution in [3.8, 4) is 0 Å². The maximum atomic E-state index is 12.0. The molecule has 0 bridgehead atoms. The van der Waals surface area contributed by atoms with Gasteiger partial charge in [0.25, 0.3) is 0 Å². The fourth-order valence-corrected chi connectivity index (χ4v) is 2.82. The molecule has 6 heteroatoms. The van der Waals surface area contributed by atoms with E-state index in [9.17, 15) is 9.59 Å². The lowest BCUT2D eigenvalue weighted by molar-refractivity contribution is 0.0281. The van der Waals surface area contributed by atoms with Crippen LogP contribution in [-0.2, 0) is 9.47 Å². The third-order valence-corrected chi connectivity index (χ3v) is 3.83. The van der Waals surface area contributed by atoms with E-state index in [2.05, 4.69) is 5.43 Å². The Morgan fingerprint density at radius 1 is 1.17 bits per heavy atom. The zero-order chi connectivity index (χ0) is 17.3. The first-order chi connectivity index (χ1) is 10.8. The molecule has 23 heavy (non-hydrogen) atoms. The smallest absolute Gasteiger partial charge is 0.428 e. The lowest BCUT2D eigenvalue weighted by Crippen LogP contribution is -2.48. The quantitative estimate of drug-likeness (QED) is 0.766. The van der Waals surface area contributed by atoms with Gasteiger partial charge in [0.15, 0.2) is 0 Å². The molecule has 2 amide bonds. The van der Waals surface area contributed by atoms with E-state index in [1.54, 1.807) is 27.7 Å². The van der Waals surface area contributed by atoms with E-state index < -0.39 is 17.8 Å². The molecule has 0 atom stereocenters. The third-order valence-electron chi connectivity index (χ3n) is 3.83. The lowest BCUT2D eigenvalue weighted by atomic mass is 9.86. The summed E-state index contributed by atoms with van der Waals surface area (Å²) < 4.78 is 10.2. The average molecular weight is 328 g/mol. The van der Waals surface area contributed by atoms with Gasteiger partial charge in [-0.1, -0.05) is 32.1 Å². The maximum Gasteiger partial charge on any atom is 0.428 e. The highest BCUT2D eigenvalue weighted by Crippen LogP contribution is 2.27. The normalized spacial score (nSPS) is 15.8. The molecule has 0 aliphatic heterocycles. The first-order valence-corrected chi connectivity index (χ1v) is 8.75. The molecular weight excluding hydrogens is 296 g/mol. The van der Waals surface area contributed by atoms with Crippen molar-refractivity contribution in [2.24, 2.45) is 5.92 Å². The topological polar surface area (TPSA) is 67.9 Å². The van der Waals surface area contributed by atoms with Crippen LogP contribution >= 0.6 is 0 Å². The number of amides is 2. The van der Waals surface area contributed by atoms with Crippen LogP contribution in [0.3, 0.4) is 0 Å². The van der Waals surface area contributed by atoms with Gasteiger partial charge in [-0.15, -0.1) is 0 Å². The molecule has 0 heterocycles. The molecular formula is C17H32N2O4. The second kappa shape index (κ2) is 9.63. The van der Waals surface area contributed by atoms with Gasteiger partial charge in [0.1, 0.15) is 5.60 Å². The fraction of sp³-hybridized carbons (Fsp3) is 0.882. The van der Waals surface area contributed by atoms with Crippen LogP contribution in [0.2, 0.25) is 0 Å². The third kappa shape index (κ3) is 8.67. The Labute approximate surface area is 139 Å². The van der Waals surface area contributed by atoms with Crippen LogP contribution in [0.1, 0.15) is 72.6 Å². The minimum atomic E-state index is -0.636. The Hall–Kier alpha value is -1.46. The number of carbonyl (C=O) groups is 2. The maximum absolute atomic E-state index is 12.0. The Morgan fingerprint density at radius 2 is 1.83 bits per heavy atom. The minimum absolute atomic E-state index is 0.272. The minimum Gasteiger partial charge on any atom is -0.448 e. The molecule has 0 aromatic heterocycles. The van der Waals surface area contributed by atoms with Crippen molar-refractivity contribution >= 4 is 12.2 Å². The van der Waals surface area contributed by atoms with Crippen molar-refractivity contribution in [2.75, 3.05) is 13.2 Å². The van der Waals surface area contributed by atoms with Gasteiger partial charge in [0.05, 0.1) is 6.61 Å². The predicted molar refractivity (Wildman–Crippen MR) is 88.9 cm³/mol. The molecule has 1 saturated carbocycles. The van der Waals surface area contributed by atoms with E-state index in [1.165, 1.54) is 37.1 Å². The van der Waals surface area contributed by atoms with Crippen LogP contribution in [-0.4, -0.2) is 35.9 Å². The van der Waals surface area contributed by atoms with Crippen LogP contribution in [0, 0.1) is 5.92 Å². The molecule has 134 valence electrons. The number of ether oxygens (including phenoxy) is 2. The van der Waals surface area contributed by atoms with Gasteiger partial charge in [0.2, 0.25) is 0 Å². The van der Waals surface area contributed by atoms with Crippen LogP contribution < -0.4 is 5.43 Å². The van der Waals surface area contributed by atoms with Crippen molar-refractivity contribution < 1.29 is 19.1 Å². The average Bonchev–Trinajstić information content (AvgIpc) is 2.45. The molecule has 6 nitrogen and oxygen atoms in total. The number of rotatable bonds is 5. The number of hydrogen-bond acceptors (Lipinski definition) is 4. The van der Waals surface area contributed by atoms with Gasteiger partial charge in [-0.25, -0.2) is 20.0 Å². The van der Waals surface area contributed by atoms with Gasteiger partial charge in [-0.3, -0.25) is 0 Å². The first-order valence-electron chi connectivity index (χ1n) is 8.75. The van der Waals surface area contributed by atoms with Crippen molar-refractivity contribution in [1.82, 2.24) is 10.4 Å². The second-order valence-electron chi connectivity index (χ2n) is 7.11. The zero-order valence-electron chi connectivity index (χ0n) is 15.0.